The average Bonchev–Trinajstić information content (AvgIpc) is 2.91. The smallest absolute Gasteiger partial charge is 0.332 e. The number of benzene rings is 2. The number of oxime groups is 1. The summed E-state index contributed by atoms with van der Waals surface area (Å²) in [4.78, 5) is 40.2. The lowest BCUT2D eigenvalue weighted by molar-refractivity contribution is -0.163. The van der Waals surface area contributed by atoms with Gasteiger partial charge in [0, 0.05) is 30.6 Å². The second-order valence-corrected chi connectivity index (χ2v) is 10.4. The number of ether oxygens (including phenoxy) is 2. The van der Waals surface area contributed by atoms with Gasteiger partial charge < -0.3 is 35.7 Å². The van der Waals surface area contributed by atoms with Crippen molar-refractivity contribution in [2.45, 2.75) is 57.8 Å². The van der Waals surface area contributed by atoms with Crippen LogP contribution in [0.5, 0.6) is 5.75 Å². The van der Waals surface area contributed by atoms with Gasteiger partial charge in [-0.3, -0.25) is 9.59 Å². The number of nitrogens with zero attached hydrogens (tertiary/aromatic N) is 2. The molecule has 0 bridgehead atoms. The zero-order chi connectivity index (χ0) is 28.6. The van der Waals surface area contributed by atoms with E-state index in [0.29, 0.717) is 37.1 Å². The van der Waals surface area contributed by atoms with Crippen molar-refractivity contribution in [1.82, 2.24) is 10.2 Å². The summed E-state index contributed by atoms with van der Waals surface area (Å²) in [5, 5.41) is 24.2. The maximum absolute atomic E-state index is 13.5. The number of hydrogen-bond acceptors (Lipinski definition) is 8. The van der Waals surface area contributed by atoms with Crippen molar-refractivity contribution >= 4 is 23.6 Å². The van der Waals surface area contributed by atoms with E-state index in [4.69, 9.17) is 20.4 Å². The molecule has 1 saturated heterocycles. The summed E-state index contributed by atoms with van der Waals surface area (Å²) in [6, 6.07) is 11.7. The molecule has 2 aromatic carbocycles. The molecule has 1 heterocycles. The van der Waals surface area contributed by atoms with E-state index in [2.05, 4.69) is 10.5 Å². The maximum Gasteiger partial charge on any atom is 0.332 e. The zero-order valence-corrected chi connectivity index (χ0v) is 22.4. The van der Waals surface area contributed by atoms with E-state index in [1.165, 1.54) is 24.3 Å². The molecule has 3 rings (SSSR count). The Kier molecular flexibility index (Phi) is 9.89. The largest absolute Gasteiger partial charge is 0.508 e. The zero-order valence-electron chi connectivity index (χ0n) is 22.4. The second kappa shape index (κ2) is 13.1. The molecule has 0 unspecified atom stereocenters. The third kappa shape index (κ3) is 8.99. The molecule has 0 spiro atoms. The number of phenolic OH excluding ortho intramolecular Hbond substituents is 1. The van der Waals surface area contributed by atoms with E-state index in [1.54, 1.807) is 49.9 Å². The van der Waals surface area contributed by atoms with Crippen LogP contribution in [0, 0.1) is 0 Å². The minimum Gasteiger partial charge on any atom is -0.508 e. The van der Waals surface area contributed by atoms with E-state index in [-0.39, 0.29) is 36.6 Å². The molecule has 11 heteroatoms. The van der Waals surface area contributed by atoms with Gasteiger partial charge in [-0.2, -0.15) is 0 Å². The van der Waals surface area contributed by atoms with Gasteiger partial charge in [0.1, 0.15) is 24.0 Å². The summed E-state index contributed by atoms with van der Waals surface area (Å²) in [7, 11) is 0. The highest BCUT2D eigenvalue weighted by Crippen LogP contribution is 2.18. The minimum absolute atomic E-state index is 0.0826. The average molecular weight is 541 g/mol. The highest BCUT2D eigenvalue weighted by atomic mass is 16.6. The molecule has 1 fully saturated rings. The van der Waals surface area contributed by atoms with E-state index >= 15 is 0 Å². The van der Waals surface area contributed by atoms with Crippen LogP contribution < -0.4 is 11.1 Å². The molecule has 0 saturated carbocycles. The maximum atomic E-state index is 13.5. The number of rotatable bonds is 9. The molecule has 2 aromatic rings. The van der Waals surface area contributed by atoms with Crippen LogP contribution in [0.1, 0.15) is 55.1 Å². The summed E-state index contributed by atoms with van der Waals surface area (Å²) >= 11 is 0. The molecule has 5 N–H and O–H groups in total. The number of amidine groups is 1. The Bertz CT molecular complexity index is 1170. The van der Waals surface area contributed by atoms with Crippen LogP contribution >= 0.6 is 0 Å². The number of nitrogens with two attached hydrogens (primary N) is 1. The van der Waals surface area contributed by atoms with E-state index < -0.39 is 23.5 Å². The Labute approximate surface area is 227 Å². The number of aromatic hydroxyl groups is 1. The first-order valence-corrected chi connectivity index (χ1v) is 12.7. The van der Waals surface area contributed by atoms with Crippen LogP contribution in [0.2, 0.25) is 0 Å². The molecule has 11 nitrogen and oxygen atoms in total. The summed E-state index contributed by atoms with van der Waals surface area (Å²) < 4.78 is 11.0. The first-order chi connectivity index (χ1) is 18.4. The Hall–Kier alpha value is -4.12. The van der Waals surface area contributed by atoms with Gasteiger partial charge in [0.15, 0.2) is 5.84 Å². The molecular formula is C28H36N4O7. The molecule has 1 aliphatic heterocycles. The second-order valence-electron chi connectivity index (χ2n) is 10.4. The van der Waals surface area contributed by atoms with Crippen LogP contribution in [0.4, 0.5) is 0 Å². The standard InChI is InChI=1S/C28H36N4O7/c1-28(2,3)39-24(34)17-38-22-12-14-32(15-13-22)27(36)23(16-18-4-10-21(33)11-5-18)30-26(35)20-8-6-19(7-9-20)25(29)31-37/h4-11,22-23,33,37H,12-17H2,1-3H3,(H2,29,31)(H,30,35)/t23-/m0/s1. The van der Waals surface area contributed by atoms with Crippen molar-refractivity contribution in [1.29, 1.82) is 0 Å². The normalized spacial score (nSPS) is 15.5. The number of carbonyl (C=O) groups is 3. The van der Waals surface area contributed by atoms with Gasteiger partial charge in [-0.25, -0.2) is 4.79 Å². The predicted molar refractivity (Wildman–Crippen MR) is 143 cm³/mol. The summed E-state index contributed by atoms with van der Waals surface area (Å²) in [5.41, 5.74) is 6.52. The van der Waals surface area contributed by atoms with Crippen molar-refractivity contribution in [3.05, 3.63) is 65.2 Å². The Morgan fingerprint density at radius 3 is 2.21 bits per heavy atom. The number of phenols is 1. The van der Waals surface area contributed by atoms with Crippen LogP contribution in [-0.2, 0) is 25.5 Å². The van der Waals surface area contributed by atoms with Crippen LogP contribution in [0.3, 0.4) is 0 Å². The predicted octanol–water partition coefficient (Wildman–Crippen LogP) is 2.18. The Morgan fingerprint density at radius 1 is 1.05 bits per heavy atom. The molecule has 210 valence electrons. The number of piperidine rings is 1. The first-order valence-electron chi connectivity index (χ1n) is 12.7. The fourth-order valence-electron chi connectivity index (χ4n) is 4.18. The molecule has 1 aliphatic rings. The van der Waals surface area contributed by atoms with Gasteiger partial charge in [-0.1, -0.05) is 29.4 Å². The highest BCUT2D eigenvalue weighted by Gasteiger charge is 2.30. The van der Waals surface area contributed by atoms with Crippen molar-refractivity contribution in [3.63, 3.8) is 0 Å². The van der Waals surface area contributed by atoms with Crippen molar-refractivity contribution < 1.29 is 34.2 Å². The summed E-state index contributed by atoms with van der Waals surface area (Å²) in [6.07, 6.45) is 1.13. The van der Waals surface area contributed by atoms with Gasteiger partial charge in [0.05, 0.1) is 6.10 Å². The van der Waals surface area contributed by atoms with Crippen molar-refractivity contribution in [2.24, 2.45) is 10.9 Å². The number of amides is 2. The lowest BCUT2D eigenvalue weighted by Gasteiger charge is -2.34. The van der Waals surface area contributed by atoms with Gasteiger partial charge in [0.2, 0.25) is 5.91 Å². The van der Waals surface area contributed by atoms with Gasteiger partial charge in [-0.15, -0.1) is 0 Å². The van der Waals surface area contributed by atoms with E-state index in [0.717, 1.165) is 5.56 Å². The summed E-state index contributed by atoms with van der Waals surface area (Å²) in [5.74, 6) is -1.10. The number of hydrogen-bond donors (Lipinski definition) is 4. The molecule has 1 atom stereocenters. The number of carbonyl (C=O) groups excluding carboxylic acids is 3. The highest BCUT2D eigenvalue weighted by molar-refractivity contribution is 6.00. The van der Waals surface area contributed by atoms with E-state index in [1.807, 2.05) is 0 Å². The van der Waals surface area contributed by atoms with Crippen LogP contribution in [0.25, 0.3) is 0 Å². The molecule has 39 heavy (non-hydrogen) atoms. The lowest BCUT2D eigenvalue weighted by Crippen LogP contribution is -2.52. The summed E-state index contributed by atoms with van der Waals surface area (Å²) in [6.45, 7) is 6.05. The van der Waals surface area contributed by atoms with Gasteiger partial charge in [0.25, 0.3) is 5.91 Å². The molecule has 0 aliphatic carbocycles. The molecule has 0 radical (unpaired) electrons. The Morgan fingerprint density at radius 2 is 1.64 bits per heavy atom. The topological polar surface area (TPSA) is 164 Å². The van der Waals surface area contributed by atoms with Crippen molar-refractivity contribution in [3.8, 4) is 5.75 Å². The SMILES string of the molecule is CC(C)(C)OC(=O)COC1CCN(C(=O)[C@H](Cc2ccc(O)cc2)NC(=O)c2ccc(/C(N)=N/O)cc2)CC1. The fourth-order valence-corrected chi connectivity index (χ4v) is 4.18. The first kappa shape index (κ1) is 29.4. The van der Waals surface area contributed by atoms with Gasteiger partial charge in [-0.05, 0) is 63.4 Å². The fraction of sp³-hybridized carbons (Fsp3) is 0.429. The van der Waals surface area contributed by atoms with Crippen LogP contribution in [-0.4, -0.2) is 76.3 Å². The van der Waals surface area contributed by atoms with Crippen molar-refractivity contribution in [2.75, 3.05) is 19.7 Å². The Balaban J connectivity index is 1.64. The number of likely N-dealkylation sites (tertiary alicyclic amines) is 1. The molecule has 0 aromatic heterocycles. The third-order valence-electron chi connectivity index (χ3n) is 6.14. The molecular weight excluding hydrogens is 504 g/mol. The third-order valence-corrected chi connectivity index (χ3v) is 6.14. The molecule has 2 amide bonds. The van der Waals surface area contributed by atoms with E-state index in [9.17, 15) is 19.5 Å². The monoisotopic (exact) mass is 540 g/mol. The number of nitrogens with one attached hydrogen (secondary N) is 1. The van der Waals surface area contributed by atoms with Crippen LogP contribution in [0.15, 0.2) is 53.7 Å². The van der Waals surface area contributed by atoms with Gasteiger partial charge >= 0.3 is 5.97 Å². The lowest BCUT2D eigenvalue weighted by atomic mass is 10.0. The quantitative estimate of drug-likeness (QED) is 0.124. The minimum atomic E-state index is -0.856. The number of esters is 1.